The zero-order valence-corrected chi connectivity index (χ0v) is 11.5. The van der Waals surface area contributed by atoms with E-state index in [9.17, 15) is 4.79 Å². The summed E-state index contributed by atoms with van der Waals surface area (Å²) in [5.74, 6) is 0.0204. The summed E-state index contributed by atoms with van der Waals surface area (Å²) in [6.45, 7) is 6.95. The summed E-state index contributed by atoms with van der Waals surface area (Å²) in [5, 5.41) is 5.98. The van der Waals surface area contributed by atoms with Crippen LogP contribution in [0.25, 0.3) is 0 Å². The Morgan fingerprint density at radius 3 is 2.94 bits per heavy atom. The third-order valence-corrected chi connectivity index (χ3v) is 2.77. The second-order valence-electron chi connectivity index (χ2n) is 3.75. The lowest BCUT2D eigenvalue weighted by Crippen LogP contribution is -2.22. The van der Waals surface area contributed by atoms with Gasteiger partial charge in [0.05, 0.1) is 0 Å². The van der Waals surface area contributed by atoms with E-state index in [1.807, 2.05) is 25.1 Å². The number of carbonyl (C=O) groups is 1. The minimum Gasteiger partial charge on any atom is -0.326 e. The van der Waals surface area contributed by atoms with E-state index in [2.05, 4.69) is 33.1 Å². The third kappa shape index (κ3) is 5.15. The molecule has 1 rings (SSSR count). The number of halogens is 1. The molecule has 1 aromatic rings. The Labute approximate surface area is 110 Å². The van der Waals surface area contributed by atoms with Gasteiger partial charge in [-0.05, 0) is 30.7 Å². The van der Waals surface area contributed by atoms with Crippen LogP contribution in [0.5, 0.6) is 0 Å². The number of amides is 1. The summed E-state index contributed by atoms with van der Waals surface area (Å²) in [6, 6.07) is 5.79. The first-order valence-electron chi connectivity index (χ1n) is 5.51. The number of hydrogen-bond donors (Lipinski definition) is 2. The number of benzene rings is 1. The van der Waals surface area contributed by atoms with E-state index in [4.69, 9.17) is 0 Å². The van der Waals surface area contributed by atoms with Crippen LogP contribution in [0, 0.1) is 6.92 Å². The fourth-order valence-electron chi connectivity index (χ4n) is 1.39. The maximum Gasteiger partial charge on any atom is 0.225 e. The molecule has 0 fully saturated rings. The normalized spacial score (nSPS) is 10.0. The van der Waals surface area contributed by atoms with Crippen molar-refractivity contribution in [2.45, 2.75) is 13.3 Å². The lowest BCUT2D eigenvalue weighted by Gasteiger charge is -2.08. The van der Waals surface area contributed by atoms with Crippen molar-refractivity contribution in [1.29, 1.82) is 0 Å². The Hall–Kier alpha value is -1.13. The van der Waals surface area contributed by atoms with Crippen LogP contribution in [0.2, 0.25) is 0 Å². The first-order valence-corrected chi connectivity index (χ1v) is 6.30. The smallest absolute Gasteiger partial charge is 0.225 e. The van der Waals surface area contributed by atoms with Gasteiger partial charge in [-0.15, -0.1) is 6.58 Å². The fourth-order valence-corrected chi connectivity index (χ4v) is 1.86. The maximum absolute atomic E-state index is 11.6. The summed E-state index contributed by atoms with van der Waals surface area (Å²) < 4.78 is 1.01. The molecule has 2 N–H and O–H groups in total. The highest BCUT2D eigenvalue weighted by Crippen LogP contribution is 2.19. The molecule has 92 valence electrons. The molecule has 0 spiro atoms. The topological polar surface area (TPSA) is 41.1 Å². The first-order chi connectivity index (χ1) is 8.13. The van der Waals surface area contributed by atoms with Gasteiger partial charge in [-0.25, -0.2) is 0 Å². The minimum absolute atomic E-state index is 0.0204. The van der Waals surface area contributed by atoms with Gasteiger partial charge in [0.1, 0.15) is 0 Å². The molecule has 0 heterocycles. The molecule has 0 aliphatic heterocycles. The van der Waals surface area contributed by atoms with Crippen LogP contribution in [0.15, 0.2) is 35.3 Å². The van der Waals surface area contributed by atoms with Gasteiger partial charge in [0.15, 0.2) is 0 Å². The molecule has 0 saturated heterocycles. The zero-order valence-electron chi connectivity index (χ0n) is 9.92. The second-order valence-corrected chi connectivity index (χ2v) is 4.67. The largest absolute Gasteiger partial charge is 0.326 e. The van der Waals surface area contributed by atoms with Crippen molar-refractivity contribution >= 4 is 27.5 Å². The second kappa shape index (κ2) is 7.25. The van der Waals surface area contributed by atoms with Crippen molar-refractivity contribution in [3.8, 4) is 0 Å². The number of nitrogens with one attached hydrogen (secondary N) is 2. The van der Waals surface area contributed by atoms with Gasteiger partial charge < -0.3 is 10.6 Å². The van der Waals surface area contributed by atoms with Gasteiger partial charge in [0.25, 0.3) is 0 Å². The van der Waals surface area contributed by atoms with Crippen molar-refractivity contribution in [1.82, 2.24) is 5.32 Å². The van der Waals surface area contributed by atoms with Crippen LogP contribution in [-0.4, -0.2) is 19.0 Å². The zero-order chi connectivity index (χ0) is 12.7. The molecule has 0 aliphatic carbocycles. The lowest BCUT2D eigenvalue weighted by molar-refractivity contribution is -0.116. The third-order valence-electron chi connectivity index (χ3n) is 2.28. The van der Waals surface area contributed by atoms with Gasteiger partial charge in [0.2, 0.25) is 5.91 Å². The van der Waals surface area contributed by atoms with Gasteiger partial charge in [-0.1, -0.05) is 22.0 Å². The molecule has 17 heavy (non-hydrogen) atoms. The van der Waals surface area contributed by atoms with Crippen LogP contribution >= 0.6 is 15.9 Å². The van der Waals surface area contributed by atoms with Crippen molar-refractivity contribution in [3.05, 3.63) is 40.9 Å². The molecule has 0 bridgehead atoms. The summed E-state index contributed by atoms with van der Waals surface area (Å²) in [6.07, 6.45) is 2.24. The van der Waals surface area contributed by atoms with Crippen molar-refractivity contribution < 1.29 is 4.79 Å². The van der Waals surface area contributed by atoms with E-state index in [1.165, 1.54) is 0 Å². The molecule has 0 aliphatic rings. The van der Waals surface area contributed by atoms with E-state index in [0.29, 0.717) is 13.0 Å². The van der Waals surface area contributed by atoms with Crippen LogP contribution in [0.3, 0.4) is 0 Å². The average molecular weight is 297 g/mol. The van der Waals surface area contributed by atoms with Crippen LogP contribution in [-0.2, 0) is 4.79 Å². The molecule has 0 atom stereocenters. The molecular weight excluding hydrogens is 280 g/mol. The molecular formula is C13H17BrN2O. The molecule has 0 saturated carbocycles. The van der Waals surface area contributed by atoms with Crippen LogP contribution in [0.1, 0.15) is 12.0 Å². The summed E-state index contributed by atoms with van der Waals surface area (Å²) in [4.78, 5) is 11.6. The first kappa shape index (κ1) is 13.9. The molecule has 0 radical (unpaired) electrons. The number of anilines is 1. The monoisotopic (exact) mass is 296 g/mol. The average Bonchev–Trinajstić information content (AvgIpc) is 2.28. The van der Waals surface area contributed by atoms with Gasteiger partial charge in [-0.2, -0.15) is 0 Å². The highest BCUT2D eigenvalue weighted by atomic mass is 79.9. The van der Waals surface area contributed by atoms with E-state index in [0.717, 1.165) is 22.3 Å². The molecule has 3 nitrogen and oxygen atoms in total. The molecule has 1 amide bonds. The Morgan fingerprint density at radius 2 is 2.29 bits per heavy atom. The molecule has 0 aromatic heterocycles. The van der Waals surface area contributed by atoms with E-state index >= 15 is 0 Å². The summed E-state index contributed by atoms with van der Waals surface area (Å²) >= 11 is 3.39. The van der Waals surface area contributed by atoms with E-state index in [-0.39, 0.29) is 5.91 Å². The molecule has 0 unspecified atom stereocenters. The number of aryl methyl sites for hydroxylation is 1. The lowest BCUT2D eigenvalue weighted by atomic mass is 10.2. The maximum atomic E-state index is 11.6. The van der Waals surface area contributed by atoms with E-state index < -0.39 is 0 Å². The van der Waals surface area contributed by atoms with Gasteiger partial charge in [-0.3, -0.25) is 4.79 Å². The Morgan fingerprint density at radius 1 is 1.53 bits per heavy atom. The van der Waals surface area contributed by atoms with E-state index in [1.54, 1.807) is 6.08 Å². The van der Waals surface area contributed by atoms with Crippen molar-refractivity contribution in [3.63, 3.8) is 0 Å². The SMILES string of the molecule is C=CCNCCC(=O)Nc1ccc(Br)cc1C. The quantitative estimate of drug-likeness (QED) is 0.626. The number of rotatable bonds is 6. The van der Waals surface area contributed by atoms with Crippen molar-refractivity contribution in [2.75, 3.05) is 18.4 Å². The highest BCUT2D eigenvalue weighted by Gasteiger charge is 2.04. The Kier molecular flexibility index (Phi) is 5.94. The number of carbonyl (C=O) groups excluding carboxylic acids is 1. The predicted octanol–water partition coefficient (Wildman–Crippen LogP) is 2.86. The van der Waals surface area contributed by atoms with Gasteiger partial charge in [0, 0.05) is 29.7 Å². The van der Waals surface area contributed by atoms with Crippen LogP contribution < -0.4 is 10.6 Å². The summed E-state index contributed by atoms with van der Waals surface area (Å²) in [5.41, 5.74) is 1.91. The minimum atomic E-state index is 0.0204. The van der Waals surface area contributed by atoms with Crippen LogP contribution in [0.4, 0.5) is 5.69 Å². The fraction of sp³-hybridized carbons (Fsp3) is 0.308. The Bertz CT molecular complexity index is 404. The van der Waals surface area contributed by atoms with Crippen molar-refractivity contribution in [2.24, 2.45) is 0 Å². The standard InChI is InChI=1S/C13H17BrN2O/c1-3-7-15-8-6-13(17)16-12-5-4-11(14)9-10(12)2/h3-5,9,15H,1,6-8H2,2H3,(H,16,17). The van der Waals surface area contributed by atoms with Gasteiger partial charge >= 0.3 is 0 Å². The molecule has 4 heteroatoms. The highest BCUT2D eigenvalue weighted by molar-refractivity contribution is 9.10. The Balaban J connectivity index is 2.42. The molecule has 1 aromatic carbocycles. The number of hydrogen-bond acceptors (Lipinski definition) is 2. The summed E-state index contributed by atoms with van der Waals surface area (Å²) in [7, 11) is 0. The predicted molar refractivity (Wildman–Crippen MR) is 75.2 cm³/mol.